The molecule has 2 aromatic carbocycles. The van der Waals surface area contributed by atoms with Crippen molar-refractivity contribution in [1.29, 1.82) is 0 Å². The number of benzene rings is 2. The summed E-state index contributed by atoms with van der Waals surface area (Å²) in [5, 5.41) is 10.8. The van der Waals surface area contributed by atoms with Gasteiger partial charge in [0.05, 0.1) is 18.1 Å². The van der Waals surface area contributed by atoms with Crippen LogP contribution in [0.25, 0.3) is 0 Å². The third-order valence-corrected chi connectivity index (χ3v) is 5.11. The maximum Gasteiger partial charge on any atom is 0.269 e. The van der Waals surface area contributed by atoms with Crippen LogP contribution < -0.4 is 14.4 Å². The summed E-state index contributed by atoms with van der Waals surface area (Å²) in [6, 6.07) is 11.9. The predicted molar refractivity (Wildman–Crippen MR) is 119 cm³/mol. The number of ether oxygens (including phenoxy) is 2. The number of anilines is 1. The van der Waals surface area contributed by atoms with Gasteiger partial charge in [-0.05, 0) is 43.2 Å². The second kappa shape index (κ2) is 10.7. The number of carbonyl (C=O) groups is 1. The third kappa shape index (κ3) is 5.65. The monoisotopic (exact) mass is 427 g/mol. The minimum Gasteiger partial charge on any atom is -0.490 e. The molecule has 0 aliphatic carbocycles. The number of nitro benzene ring substituents is 1. The Morgan fingerprint density at radius 1 is 0.935 bits per heavy atom. The number of hydrogen-bond donors (Lipinski definition) is 0. The van der Waals surface area contributed by atoms with Gasteiger partial charge in [-0.25, -0.2) is 0 Å². The van der Waals surface area contributed by atoms with E-state index < -0.39 is 4.92 Å². The smallest absolute Gasteiger partial charge is 0.269 e. The van der Waals surface area contributed by atoms with Crippen molar-refractivity contribution in [3.63, 3.8) is 0 Å². The van der Waals surface area contributed by atoms with Gasteiger partial charge in [0.1, 0.15) is 0 Å². The number of rotatable bonds is 9. The second-order valence-electron chi connectivity index (χ2n) is 7.41. The molecule has 0 aromatic heterocycles. The third-order valence-electron chi connectivity index (χ3n) is 5.11. The van der Waals surface area contributed by atoms with E-state index in [1.165, 1.54) is 12.1 Å². The highest BCUT2D eigenvalue weighted by Gasteiger charge is 2.23. The summed E-state index contributed by atoms with van der Waals surface area (Å²) in [6.45, 7) is 7.73. The van der Waals surface area contributed by atoms with Crippen molar-refractivity contribution >= 4 is 17.3 Å². The van der Waals surface area contributed by atoms with Gasteiger partial charge in [-0.3, -0.25) is 14.9 Å². The molecule has 1 fully saturated rings. The van der Waals surface area contributed by atoms with Gasteiger partial charge in [-0.1, -0.05) is 13.8 Å². The molecule has 8 heteroatoms. The van der Waals surface area contributed by atoms with Crippen LogP contribution in [0.3, 0.4) is 0 Å². The van der Waals surface area contributed by atoms with Gasteiger partial charge in [-0.2, -0.15) is 0 Å². The number of hydrogen-bond acceptors (Lipinski definition) is 6. The number of non-ortho nitro benzene ring substituents is 1. The maximum atomic E-state index is 13.0. The highest BCUT2D eigenvalue weighted by Crippen LogP contribution is 2.30. The Bertz CT molecular complexity index is 893. The molecule has 1 aliphatic rings. The van der Waals surface area contributed by atoms with Gasteiger partial charge >= 0.3 is 0 Å². The van der Waals surface area contributed by atoms with Crippen LogP contribution >= 0.6 is 0 Å². The minimum absolute atomic E-state index is 0.0354. The van der Waals surface area contributed by atoms with Crippen LogP contribution in [0.2, 0.25) is 0 Å². The van der Waals surface area contributed by atoms with Crippen LogP contribution in [0.1, 0.15) is 37.0 Å². The van der Waals surface area contributed by atoms with E-state index in [9.17, 15) is 14.9 Å². The lowest BCUT2D eigenvalue weighted by Gasteiger charge is -2.36. The fourth-order valence-electron chi connectivity index (χ4n) is 3.43. The molecule has 2 aromatic rings. The standard InChI is InChI=1S/C23H29N3O5/c1-3-15-30-21-10-5-18(17-22(21)31-16-4-2)23(27)25-13-11-24(12-14-25)19-6-8-20(9-7-19)26(28)29/h5-10,17H,3-4,11-16H2,1-2H3. The molecule has 1 aliphatic heterocycles. The van der Waals surface area contributed by atoms with Crippen LogP contribution in [0, 0.1) is 10.1 Å². The van der Waals surface area contributed by atoms with Crippen molar-refractivity contribution in [3.05, 3.63) is 58.1 Å². The summed E-state index contributed by atoms with van der Waals surface area (Å²) < 4.78 is 11.6. The summed E-state index contributed by atoms with van der Waals surface area (Å²) in [7, 11) is 0. The average molecular weight is 428 g/mol. The van der Waals surface area contributed by atoms with Crippen LogP contribution in [0.15, 0.2) is 42.5 Å². The van der Waals surface area contributed by atoms with Crippen molar-refractivity contribution in [2.75, 3.05) is 44.3 Å². The van der Waals surface area contributed by atoms with Crippen molar-refractivity contribution in [1.82, 2.24) is 4.90 Å². The quantitative estimate of drug-likeness (QED) is 0.442. The van der Waals surface area contributed by atoms with Crippen molar-refractivity contribution in [2.24, 2.45) is 0 Å². The normalized spacial score (nSPS) is 13.7. The summed E-state index contributed by atoms with van der Waals surface area (Å²) in [6.07, 6.45) is 1.77. The average Bonchev–Trinajstić information content (AvgIpc) is 2.81. The highest BCUT2D eigenvalue weighted by atomic mass is 16.6. The Labute approximate surface area is 182 Å². The summed E-state index contributed by atoms with van der Waals surface area (Å²) >= 11 is 0. The Kier molecular flexibility index (Phi) is 7.70. The van der Waals surface area contributed by atoms with Gasteiger partial charge in [-0.15, -0.1) is 0 Å². The lowest BCUT2D eigenvalue weighted by Crippen LogP contribution is -2.48. The van der Waals surface area contributed by atoms with Gasteiger partial charge < -0.3 is 19.3 Å². The van der Waals surface area contributed by atoms with Gasteiger partial charge in [0.2, 0.25) is 0 Å². The molecule has 31 heavy (non-hydrogen) atoms. The molecule has 1 heterocycles. The first-order valence-electron chi connectivity index (χ1n) is 10.7. The zero-order chi connectivity index (χ0) is 22.2. The molecule has 0 bridgehead atoms. The summed E-state index contributed by atoms with van der Waals surface area (Å²) in [4.78, 5) is 27.4. The number of amides is 1. The van der Waals surface area contributed by atoms with Crippen molar-refractivity contribution in [2.45, 2.75) is 26.7 Å². The van der Waals surface area contributed by atoms with Crippen molar-refractivity contribution < 1.29 is 19.2 Å². The number of nitro groups is 1. The molecule has 0 atom stereocenters. The number of nitrogens with zero attached hydrogens (tertiary/aromatic N) is 3. The Hall–Kier alpha value is -3.29. The molecular formula is C23H29N3O5. The van der Waals surface area contributed by atoms with Crippen LogP contribution in [-0.2, 0) is 0 Å². The Morgan fingerprint density at radius 3 is 2.13 bits per heavy atom. The van der Waals surface area contributed by atoms with Crippen LogP contribution in [-0.4, -0.2) is 55.1 Å². The number of carbonyl (C=O) groups excluding carboxylic acids is 1. The van der Waals surface area contributed by atoms with Crippen LogP contribution in [0.4, 0.5) is 11.4 Å². The topological polar surface area (TPSA) is 85.2 Å². The molecule has 0 saturated carbocycles. The first kappa shape index (κ1) is 22.4. The zero-order valence-electron chi connectivity index (χ0n) is 18.1. The number of piperazine rings is 1. The van der Waals surface area contributed by atoms with E-state index in [1.54, 1.807) is 30.3 Å². The lowest BCUT2D eigenvalue weighted by molar-refractivity contribution is -0.384. The van der Waals surface area contributed by atoms with E-state index in [0.29, 0.717) is 56.5 Å². The molecule has 166 valence electrons. The van der Waals surface area contributed by atoms with E-state index in [-0.39, 0.29) is 11.6 Å². The fourth-order valence-corrected chi connectivity index (χ4v) is 3.43. The summed E-state index contributed by atoms with van der Waals surface area (Å²) in [5.74, 6) is 1.23. The second-order valence-corrected chi connectivity index (χ2v) is 7.41. The van der Waals surface area contributed by atoms with E-state index >= 15 is 0 Å². The zero-order valence-corrected chi connectivity index (χ0v) is 18.1. The Morgan fingerprint density at radius 2 is 1.55 bits per heavy atom. The SMILES string of the molecule is CCCOc1ccc(C(=O)N2CCN(c3ccc([N+](=O)[O-])cc3)CC2)cc1OCCC. The largest absolute Gasteiger partial charge is 0.490 e. The lowest BCUT2D eigenvalue weighted by atomic mass is 10.1. The molecule has 0 spiro atoms. The molecular weight excluding hydrogens is 398 g/mol. The predicted octanol–water partition coefficient (Wildman–Crippen LogP) is 4.13. The Balaban J connectivity index is 1.64. The molecule has 0 unspecified atom stereocenters. The first-order valence-corrected chi connectivity index (χ1v) is 10.7. The van der Waals surface area contributed by atoms with Crippen molar-refractivity contribution in [3.8, 4) is 11.5 Å². The molecule has 8 nitrogen and oxygen atoms in total. The molecule has 0 radical (unpaired) electrons. The minimum atomic E-state index is -0.405. The van der Waals surface area contributed by atoms with Crippen LogP contribution in [0.5, 0.6) is 11.5 Å². The van der Waals surface area contributed by atoms with E-state index in [2.05, 4.69) is 4.90 Å². The highest BCUT2D eigenvalue weighted by molar-refractivity contribution is 5.95. The molecule has 0 N–H and O–H groups in total. The van der Waals surface area contributed by atoms with Gasteiger partial charge in [0.25, 0.3) is 11.6 Å². The molecule has 3 rings (SSSR count). The summed E-state index contributed by atoms with van der Waals surface area (Å²) in [5.41, 5.74) is 1.58. The fraction of sp³-hybridized carbons (Fsp3) is 0.435. The van der Waals surface area contributed by atoms with Gasteiger partial charge in [0, 0.05) is 49.6 Å². The first-order chi connectivity index (χ1) is 15.0. The molecule has 1 amide bonds. The van der Waals surface area contributed by atoms with E-state index in [1.807, 2.05) is 18.7 Å². The van der Waals surface area contributed by atoms with E-state index in [4.69, 9.17) is 9.47 Å². The molecule has 1 saturated heterocycles. The van der Waals surface area contributed by atoms with Gasteiger partial charge in [0.15, 0.2) is 11.5 Å². The maximum absolute atomic E-state index is 13.0. The van der Waals surface area contributed by atoms with E-state index in [0.717, 1.165) is 18.5 Å².